The van der Waals surface area contributed by atoms with E-state index in [-0.39, 0.29) is 0 Å². The van der Waals surface area contributed by atoms with E-state index in [0.717, 1.165) is 6.54 Å². The van der Waals surface area contributed by atoms with Gasteiger partial charge in [0.05, 0.1) is 3.79 Å². The molecular weight excluding hydrogens is 370 g/mol. The molecule has 2 aromatic rings. The van der Waals surface area contributed by atoms with Crippen LogP contribution in [0.2, 0.25) is 0 Å². The Morgan fingerprint density at radius 1 is 1.38 bits per heavy atom. The first-order valence-corrected chi connectivity index (χ1v) is 8.20. The zero-order chi connectivity index (χ0) is 11.5. The summed E-state index contributed by atoms with van der Waals surface area (Å²) in [5.41, 5.74) is 1.33. The summed E-state index contributed by atoms with van der Waals surface area (Å²) in [6.07, 6.45) is 0. The minimum atomic E-state index is 0.382. The molecule has 1 atom stereocenters. The molecule has 0 amide bonds. The topological polar surface area (TPSA) is 12.0 Å². The smallest absolute Gasteiger partial charge is 0.0701 e. The van der Waals surface area contributed by atoms with Gasteiger partial charge in [-0.05, 0) is 67.2 Å². The molecule has 2 aromatic heterocycles. The second-order valence-electron chi connectivity index (χ2n) is 3.49. The van der Waals surface area contributed by atoms with Gasteiger partial charge in [-0.25, -0.2) is 0 Å². The fraction of sp³-hybridized carbons (Fsp3) is 0.273. The van der Waals surface area contributed by atoms with Crippen molar-refractivity contribution in [2.45, 2.75) is 19.5 Å². The van der Waals surface area contributed by atoms with Crippen LogP contribution in [0, 0.1) is 0 Å². The highest BCUT2D eigenvalue weighted by atomic mass is 79.9. The molecule has 0 aliphatic rings. The van der Waals surface area contributed by atoms with Crippen LogP contribution in [0.5, 0.6) is 0 Å². The molecule has 0 aromatic carbocycles. The van der Waals surface area contributed by atoms with Crippen molar-refractivity contribution in [2.24, 2.45) is 0 Å². The van der Waals surface area contributed by atoms with E-state index in [1.54, 1.807) is 22.7 Å². The van der Waals surface area contributed by atoms with Crippen LogP contribution in [-0.4, -0.2) is 0 Å². The lowest BCUT2D eigenvalue weighted by Gasteiger charge is -2.12. The Morgan fingerprint density at radius 2 is 2.19 bits per heavy atom. The molecule has 0 radical (unpaired) electrons. The van der Waals surface area contributed by atoms with Gasteiger partial charge < -0.3 is 5.32 Å². The number of nitrogens with one attached hydrogen (secondary N) is 1. The molecule has 0 fully saturated rings. The zero-order valence-corrected chi connectivity index (χ0v) is 13.5. The monoisotopic (exact) mass is 379 g/mol. The van der Waals surface area contributed by atoms with Gasteiger partial charge in [0.1, 0.15) is 0 Å². The first-order valence-electron chi connectivity index (χ1n) is 4.86. The number of hydrogen-bond acceptors (Lipinski definition) is 3. The van der Waals surface area contributed by atoms with Gasteiger partial charge in [0.25, 0.3) is 0 Å². The van der Waals surface area contributed by atoms with Gasteiger partial charge in [-0.15, -0.1) is 22.7 Å². The summed E-state index contributed by atoms with van der Waals surface area (Å²) in [7, 11) is 0. The largest absolute Gasteiger partial charge is 0.305 e. The zero-order valence-electron chi connectivity index (χ0n) is 8.67. The van der Waals surface area contributed by atoms with Crippen LogP contribution in [0.3, 0.4) is 0 Å². The summed E-state index contributed by atoms with van der Waals surface area (Å²) in [4.78, 5) is 1.36. The van der Waals surface area contributed by atoms with Gasteiger partial charge in [0, 0.05) is 21.9 Å². The lowest BCUT2D eigenvalue weighted by molar-refractivity contribution is 0.582. The van der Waals surface area contributed by atoms with Gasteiger partial charge in [-0.2, -0.15) is 0 Å². The molecule has 0 bridgehead atoms. The molecule has 2 heterocycles. The van der Waals surface area contributed by atoms with Crippen molar-refractivity contribution in [3.05, 3.63) is 41.6 Å². The first-order chi connectivity index (χ1) is 7.66. The molecule has 2 rings (SSSR count). The summed E-state index contributed by atoms with van der Waals surface area (Å²) < 4.78 is 2.39. The van der Waals surface area contributed by atoms with Crippen LogP contribution in [0.1, 0.15) is 23.4 Å². The SMILES string of the molecule is CC(NCc1csc(Br)c1)c1sccc1Br. The fourth-order valence-electron chi connectivity index (χ4n) is 1.42. The predicted octanol–water partition coefficient (Wildman–Crippen LogP) is 5.19. The molecule has 0 aliphatic carbocycles. The third kappa shape index (κ3) is 3.17. The minimum Gasteiger partial charge on any atom is -0.305 e. The number of thiophene rings is 2. The molecule has 16 heavy (non-hydrogen) atoms. The van der Waals surface area contributed by atoms with Crippen molar-refractivity contribution < 1.29 is 0 Å². The Balaban J connectivity index is 1.93. The molecule has 0 aliphatic heterocycles. The maximum Gasteiger partial charge on any atom is 0.0701 e. The molecular formula is C11H11Br2NS2. The van der Waals surface area contributed by atoms with Crippen molar-refractivity contribution in [2.75, 3.05) is 0 Å². The standard InChI is InChI=1S/C11H11Br2NS2/c1-7(11-9(12)2-3-15-11)14-5-8-4-10(13)16-6-8/h2-4,6-7,14H,5H2,1H3. The van der Waals surface area contributed by atoms with Gasteiger partial charge in [-0.3, -0.25) is 0 Å². The van der Waals surface area contributed by atoms with E-state index in [1.807, 2.05) is 0 Å². The van der Waals surface area contributed by atoms with E-state index >= 15 is 0 Å². The van der Waals surface area contributed by atoms with E-state index in [4.69, 9.17) is 0 Å². The lowest BCUT2D eigenvalue weighted by atomic mass is 10.2. The van der Waals surface area contributed by atoms with Crippen molar-refractivity contribution in [1.82, 2.24) is 5.32 Å². The van der Waals surface area contributed by atoms with Crippen molar-refractivity contribution in [1.29, 1.82) is 0 Å². The van der Waals surface area contributed by atoms with Crippen LogP contribution in [0.25, 0.3) is 0 Å². The van der Waals surface area contributed by atoms with Crippen LogP contribution < -0.4 is 5.32 Å². The average Bonchev–Trinajstić information content (AvgIpc) is 2.84. The highest BCUT2D eigenvalue weighted by Gasteiger charge is 2.10. The quantitative estimate of drug-likeness (QED) is 0.769. The first kappa shape index (κ1) is 12.8. The van der Waals surface area contributed by atoms with E-state index in [2.05, 4.69) is 67.0 Å². The molecule has 1 nitrogen and oxygen atoms in total. The molecule has 1 N–H and O–H groups in total. The Labute approximate surface area is 120 Å². The van der Waals surface area contributed by atoms with Gasteiger partial charge in [-0.1, -0.05) is 0 Å². The van der Waals surface area contributed by atoms with E-state index < -0.39 is 0 Å². The highest BCUT2D eigenvalue weighted by molar-refractivity contribution is 9.11. The maximum absolute atomic E-state index is 3.56. The van der Waals surface area contributed by atoms with Crippen LogP contribution >= 0.6 is 54.5 Å². The molecule has 5 heteroatoms. The molecule has 0 spiro atoms. The number of hydrogen-bond donors (Lipinski definition) is 1. The molecule has 1 unspecified atom stereocenters. The maximum atomic E-state index is 3.56. The van der Waals surface area contributed by atoms with Crippen LogP contribution in [-0.2, 0) is 6.54 Å². The Hall–Kier alpha value is 0.320. The van der Waals surface area contributed by atoms with Crippen LogP contribution in [0.4, 0.5) is 0 Å². The van der Waals surface area contributed by atoms with Crippen molar-refractivity contribution in [3.8, 4) is 0 Å². The summed E-state index contributed by atoms with van der Waals surface area (Å²) in [5.74, 6) is 0. The highest BCUT2D eigenvalue weighted by Crippen LogP contribution is 2.29. The summed E-state index contributed by atoms with van der Waals surface area (Å²) in [6.45, 7) is 3.10. The molecule has 86 valence electrons. The van der Waals surface area contributed by atoms with Gasteiger partial charge in [0.15, 0.2) is 0 Å². The third-order valence-electron chi connectivity index (χ3n) is 2.27. The number of rotatable bonds is 4. The second-order valence-corrected chi connectivity index (χ2v) is 7.59. The number of halogens is 2. The third-order valence-corrected chi connectivity index (χ3v) is 5.88. The summed E-state index contributed by atoms with van der Waals surface area (Å²) in [5, 5.41) is 7.81. The molecule has 0 saturated heterocycles. The minimum absolute atomic E-state index is 0.382. The fourth-order valence-corrected chi connectivity index (χ4v) is 4.38. The van der Waals surface area contributed by atoms with Gasteiger partial charge in [0.2, 0.25) is 0 Å². The summed E-state index contributed by atoms with van der Waals surface area (Å²) in [6, 6.07) is 4.64. The van der Waals surface area contributed by atoms with Crippen LogP contribution in [0.15, 0.2) is 31.2 Å². The predicted molar refractivity (Wildman–Crippen MR) is 79.3 cm³/mol. The van der Waals surface area contributed by atoms with E-state index in [9.17, 15) is 0 Å². The second kappa shape index (κ2) is 5.78. The van der Waals surface area contributed by atoms with E-state index in [1.165, 1.54) is 18.7 Å². The molecule has 0 saturated carbocycles. The lowest BCUT2D eigenvalue weighted by Crippen LogP contribution is -2.16. The van der Waals surface area contributed by atoms with E-state index in [0.29, 0.717) is 6.04 Å². The average molecular weight is 381 g/mol. The normalized spacial score (nSPS) is 12.9. The summed E-state index contributed by atoms with van der Waals surface area (Å²) >= 11 is 10.5. The Bertz CT molecular complexity index is 464. The Morgan fingerprint density at radius 3 is 2.75 bits per heavy atom. The van der Waals surface area contributed by atoms with Gasteiger partial charge >= 0.3 is 0 Å². The van der Waals surface area contributed by atoms with Crippen molar-refractivity contribution >= 4 is 54.5 Å². The van der Waals surface area contributed by atoms with Crippen molar-refractivity contribution in [3.63, 3.8) is 0 Å². The Kier molecular flexibility index (Phi) is 4.61.